The van der Waals surface area contributed by atoms with Gasteiger partial charge in [-0.3, -0.25) is 0 Å². The fraction of sp³-hybridized carbons (Fsp3) is 1.00. The molecule has 0 aliphatic carbocycles. The molecule has 1 aliphatic heterocycles. The molecule has 0 spiro atoms. The zero-order valence-corrected chi connectivity index (χ0v) is 9.58. The molecular weight excluding hydrogens is 160 g/mol. The summed E-state index contributed by atoms with van der Waals surface area (Å²) < 4.78 is 0. The zero-order chi connectivity index (χ0) is 9.84. The maximum atomic E-state index is 2.58. The number of hydrogen-bond acceptors (Lipinski definition) is 2. The van der Waals surface area contributed by atoms with Gasteiger partial charge in [-0.2, -0.15) is 0 Å². The lowest BCUT2D eigenvalue weighted by atomic mass is 10.0. The van der Waals surface area contributed by atoms with E-state index in [2.05, 4.69) is 37.6 Å². The molecule has 1 saturated heterocycles. The highest BCUT2D eigenvalue weighted by Gasteiger charge is 2.22. The van der Waals surface area contributed by atoms with Crippen molar-refractivity contribution in [2.45, 2.75) is 45.7 Å². The molecule has 0 radical (unpaired) electrons. The molecule has 0 aromatic rings. The summed E-state index contributed by atoms with van der Waals surface area (Å²) in [5.41, 5.74) is 0. The van der Waals surface area contributed by atoms with Crippen LogP contribution in [0.2, 0.25) is 0 Å². The molecule has 0 unspecified atom stereocenters. The van der Waals surface area contributed by atoms with Gasteiger partial charge in [-0.05, 0) is 53.4 Å². The topological polar surface area (TPSA) is 6.48 Å². The fourth-order valence-corrected chi connectivity index (χ4v) is 2.10. The highest BCUT2D eigenvalue weighted by atomic mass is 15.2. The lowest BCUT2D eigenvalue weighted by Gasteiger charge is -2.38. The van der Waals surface area contributed by atoms with Crippen molar-refractivity contribution in [2.24, 2.45) is 0 Å². The van der Waals surface area contributed by atoms with E-state index in [1.165, 1.54) is 32.5 Å². The van der Waals surface area contributed by atoms with Gasteiger partial charge in [0.15, 0.2) is 0 Å². The Kier molecular flexibility index (Phi) is 4.20. The van der Waals surface area contributed by atoms with Crippen molar-refractivity contribution in [3.8, 4) is 0 Å². The van der Waals surface area contributed by atoms with Crippen LogP contribution >= 0.6 is 0 Å². The average Bonchev–Trinajstić information content (AvgIpc) is 2.17. The van der Waals surface area contributed by atoms with E-state index in [0.29, 0.717) is 0 Å². The van der Waals surface area contributed by atoms with Gasteiger partial charge in [-0.15, -0.1) is 0 Å². The molecule has 1 heterocycles. The minimum atomic E-state index is 0.730. The van der Waals surface area contributed by atoms with Gasteiger partial charge in [0.25, 0.3) is 0 Å². The molecule has 0 aromatic heterocycles. The summed E-state index contributed by atoms with van der Waals surface area (Å²) in [6, 6.07) is 1.56. The van der Waals surface area contributed by atoms with Crippen molar-refractivity contribution in [3.63, 3.8) is 0 Å². The maximum Gasteiger partial charge on any atom is 0.0116 e. The molecule has 78 valence electrons. The molecule has 1 fully saturated rings. The number of hydrogen-bond donors (Lipinski definition) is 0. The Morgan fingerprint density at radius 3 is 2.23 bits per heavy atom. The van der Waals surface area contributed by atoms with Crippen LogP contribution < -0.4 is 0 Å². The van der Waals surface area contributed by atoms with Gasteiger partial charge in [-0.1, -0.05) is 6.92 Å². The standard InChI is InChI=1S/C11H24N2/c1-5-12(4)11-6-8-13(9-7-11)10(2)3/h10-11H,5-9H2,1-4H3. The summed E-state index contributed by atoms with van der Waals surface area (Å²) in [4.78, 5) is 5.07. The third-order valence-electron chi connectivity index (χ3n) is 3.35. The molecule has 13 heavy (non-hydrogen) atoms. The summed E-state index contributed by atoms with van der Waals surface area (Å²) in [5, 5.41) is 0. The van der Waals surface area contributed by atoms with Crippen molar-refractivity contribution in [2.75, 3.05) is 26.7 Å². The molecule has 0 saturated carbocycles. The molecule has 1 rings (SSSR count). The first kappa shape index (κ1) is 11.0. The van der Waals surface area contributed by atoms with Crippen LogP contribution in [0.5, 0.6) is 0 Å². The van der Waals surface area contributed by atoms with Crippen LogP contribution in [0.1, 0.15) is 33.6 Å². The van der Waals surface area contributed by atoms with Crippen molar-refractivity contribution in [3.05, 3.63) is 0 Å². The van der Waals surface area contributed by atoms with Crippen LogP contribution in [0, 0.1) is 0 Å². The highest BCUT2D eigenvalue weighted by Crippen LogP contribution is 2.16. The van der Waals surface area contributed by atoms with Crippen LogP contribution in [-0.2, 0) is 0 Å². The SMILES string of the molecule is CCN(C)C1CCN(C(C)C)CC1. The first-order valence-corrected chi connectivity index (χ1v) is 5.59. The second kappa shape index (κ2) is 4.97. The van der Waals surface area contributed by atoms with Crippen LogP contribution in [0.4, 0.5) is 0 Å². The minimum absolute atomic E-state index is 0.730. The van der Waals surface area contributed by atoms with Crippen LogP contribution in [-0.4, -0.2) is 48.6 Å². The van der Waals surface area contributed by atoms with Gasteiger partial charge < -0.3 is 9.80 Å². The molecule has 1 aliphatic rings. The number of piperidine rings is 1. The van der Waals surface area contributed by atoms with E-state index in [0.717, 1.165) is 12.1 Å². The number of nitrogens with zero attached hydrogens (tertiary/aromatic N) is 2. The van der Waals surface area contributed by atoms with E-state index in [4.69, 9.17) is 0 Å². The van der Waals surface area contributed by atoms with Crippen molar-refractivity contribution in [1.29, 1.82) is 0 Å². The molecule has 0 atom stereocenters. The average molecular weight is 184 g/mol. The van der Waals surface area contributed by atoms with Gasteiger partial charge in [0.05, 0.1) is 0 Å². The summed E-state index contributed by atoms with van der Waals surface area (Å²) in [5.74, 6) is 0. The van der Waals surface area contributed by atoms with E-state index in [-0.39, 0.29) is 0 Å². The van der Waals surface area contributed by atoms with Gasteiger partial charge in [-0.25, -0.2) is 0 Å². The van der Waals surface area contributed by atoms with Crippen molar-refractivity contribution in [1.82, 2.24) is 9.80 Å². The summed E-state index contributed by atoms with van der Waals surface area (Å²) in [7, 11) is 2.25. The van der Waals surface area contributed by atoms with Crippen LogP contribution in [0.3, 0.4) is 0 Å². The van der Waals surface area contributed by atoms with Crippen molar-refractivity contribution < 1.29 is 0 Å². The van der Waals surface area contributed by atoms with Crippen LogP contribution in [0.25, 0.3) is 0 Å². The van der Waals surface area contributed by atoms with E-state index in [1.807, 2.05) is 0 Å². The lowest BCUT2D eigenvalue weighted by molar-refractivity contribution is 0.111. The molecule has 0 bridgehead atoms. The second-order valence-electron chi connectivity index (χ2n) is 4.43. The molecule has 0 N–H and O–H groups in total. The molecular formula is C11H24N2. The Morgan fingerprint density at radius 1 is 1.31 bits per heavy atom. The zero-order valence-electron chi connectivity index (χ0n) is 9.58. The third kappa shape index (κ3) is 2.96. The number of likely N-dealkylation sites (tertiary alicyclic amines) is 1. The normalized spacial score (nSPS) is 21.7. The minimum Gasteiger partial charge on any atom is -0.304 e. The van der Waals surface area contributed by atoms with Gasteiger partial charge >= 0.3 is 0 Å². The largest absolute Gasteiger partial charge is 0.304 e. The van der Waals surface area contributed by atoms with Crippen molar-refractivity contribution >= 4 is 0 Å². The Bertz CT molecular complexity index is 137. The predicted octanol–water partition coefficient (Wildman–Crippen LogP) is 1.81. The van der Waals surface area contributed by atoms with Gasteiger partial charge in [0.2, 0.25) is 0 Å². The fourth-order valence-electron chi connectivity index (χ4n) is 2.10. The summed E-state index contributed by atoms with van der Waals surface area (Å²) in [6.07, 6.45) is 2.70. The smallest absolute Gasteiger partial charge is 0.0116 e. The molecule has 0 amide bonds. The summed E-state index contributed by atoms with van der Waals surface area (Å²) in [6.45, 7) is 10.6. The van der Waals surface area contributed by atoms with Gasteiger partial charge in [0, 0.05) is 12.1 Å². The molecule has 2 nitrogen and oxygen atoms in total. The molecule has 2 heteroatoms. The Hall–Kier alpha value is -0.0800. The first-order chi connectivity index (χ1) is 6.15. The highest BCUT2D eigenvalue weighted by molar-refractivity contribution is 4.79. The summed E-state index contributed by atoms with van der Waals surface area (Å²) >= 11 is 0. The Balaban J connectivity index is 2.30. The van der Waals surface area contributed by atoms with E-state index in [1.54, 1.807) is 0 Å². The van der Waals surface area contributed by atoms with Crippen LogP contribution in [0.15, 0.2) is 0 Å². The third-order valence-corrected chi connectivity index (χ3v) is 3.35. The first-order valence-electron chi connectivity index (χ1n) is 5.59. The quantitative estimate of drug-likeness (QED) is 0.660. The van der Waals surface area contributed by atoms with E-state index >= 15 is 0 Å². The monoisotopic (exact) mass is 184 g/mol. The second-order valence-corrected chi connectivity index (χ2v) is 4.43. The predicted molar refractivity (Wildman–Crippen MR) is 58.0 cm³/mol. The molecule has 0 aromatic carbocycles. The van der Waals surface area contributed by atoms with E-state index in [9.17, 15) is 0 Å². The van der Waals surface area contributed by atoms with E-state index < -0.39 is 0 Å². The number of rotatable bonds is 3. The lowest BCUT2D eigenvalue weighted by Crippen LogP contribution is -2.45. The Morgan fingerprint density at radius 2 is 1.85 bits per heavy atom. The van der Waals surface area contributed by atoms with Gasteiger partial charge in [0.1, 0.15) is 0 Å². The Labute approximate surface area is 82.9 Å². The maximum absolute atomic E-state index is 2.58.